The lowest BCUT2D eigenvalue weighted by molar-refractivity contribution is 0.431. The Labute approximate surface area is 130 Å². The van der Waals surface area contributed by atoms with Gasteiger partial charge in [-0.2, -0.15) is 0 Å². The van der Waals surface area contributed by atoms with Crippen LogP contribution in [0.3, 0.4) is 0 Å². The van der Waals surface area contributed by atoms with Crippen molar-refractivity contribution in [2.24, 2.45) is 0 Å². The van der Waals surface area contributed by atoms with E-state index in [1.807, 2.05) is 0 Å². The normalized spacial score (nSPS) is 12.5. The molecule has 1 N–H and O–H groups in total. The first-order valence-electron chi connectivity index (χ1n) is 6.39. The minimum atomic E-state index is -3.94. The number of hydrogen-bond donors (Lipinski definition) is 1. The third kappa shape index (κ3) is 4.14. The first kappa shape index (κ1) is 16.6. The Kier molecular flexibility index (Phi) is 4.97. The van der Waals surface area contributed by atoms with Crippen molar-refractivity contribution < 1.29 is 16.8 Å². The Balaban J connectivity index is 2.16. The van der Waals surface area contributed by atoms with Crippen LogP contribution in [-0.4, -0.2) is 28.3 Å². The van der Waals surface area contributed by atoms with Crippen LogP contribution < -0.4 is 4.83 Å². The van der Waals surface area contributed by atoms with E-state index in [4.69, 9.17) is 0 Å². The molecule has 0 aromatic heterocycles. The Bertz CT molecular complexity index is 820. The molecule has 0 amide bonds. The van der Waals surface area contributed by atoms with Gasteiger partial charge >= 0.3 is 0 Å². The van der Waals surface area contributed by atoms with Crippen LogP contribution in [0.5, 0.6) is 0 Å². The van der Waals surface area contributed by atoms with Crippen LogP contribution in [0.2, 0.25) is 0 Å². The zero-order valence-electron chi connectivity index (χ0n) is 11.9. The molecule has 6 nitrogen and oxygen atoms in total. The van der Waals surface area contributed by atoms with Crippen LogP contribution in [0.4, 0.5) is 0 Å². The molecule has 2 rings (SSSR count). The summed E-state index contributed by atoms with van der Waals surface area (Å²) >= 11 is 0. The van der Waals surface area contributed by atoms with Crippen LogP contribution >= 0.6 is 0 Å². The Morgan fingerprint density at radius 1 is 0.864 bits per heavy atom. The van der Waals surface area contributed by atoms with Crippen molar-refractivity contribution in [2.45, 2.75) is 10.6 Å². The Morgan fingerprint density at radius 2 is 1.36 bits per heavy atom. The van der Waals surface area contributed by atoms with Gasteiger partial charge in [-0.25, -0.2) is 16.8 Å². The number of benzene rings is 2. The Hall–Kier alpha value is -1.74. The first-order chi connectivity index (χ1) is 10.3. The summed E-state index contributed by atoms with van der Waals surface area (Å²) in [7, 11) is -6.58. The maximum Gasteiger partial charge on any atom is 0.254 e. The fraction of sp³-hybridized carbons (Fsp3) is 0.143. The third-order valence-corrected chi connectivity index (χ3v) is 6.06. The summed E-state index contributed by atoms with van der Waals surface area (Å²) < 4.78 is 49.3. The summed E-state index contributed by atoms with van der Waals surface area (Å²) in [4.78, 5) is 2.05. The van der Waals surface area contributed by atoms with Gasteiger partial charge in [0.05, 0.1) is 10.6 Å². The van der Waals surface area contributed by atoms with E-state index >= 15 is 0 Å². The van der Waals surface area contributed by atoms with Crippen molar-refractivity contribution in [3.8, 4) is 0 Å². The van der Waals surface area contributed by atoms with E-state index in [1.54, 1.807) is 48.5 Å². The third-order valence-electron chi connectivity index (χ3n) is 2.91. The molecule has 8 heteroatoms. The van der Waals surface area contributed by atoms with E-state index in [0.717, 1.165) is 0 Å². The monoisotopic (exact) mass is 340 g/mol. The van der Waals surface area contributed by atoms with Crippen molar-refractivity contribution in [3.63, 3.8) is 0 Å². The number of nitrogens with one attached hydrogen (secondary N) is 1. The van der Waals surface area contributed by atoms with Crippen LogP contribution in [0.15, 0.2) is 65.6 Å². The van der Waals surface area contributed by atoms with Crippen LogP contribution in [0.1, 0.15) is 5.56 Å². The molecule has 0 spiro atoms. The minimum absolute atomic E-state index is 0.00300. The molecule has 0 atom stereocenters. The second-order valence-electron chi connectivity index (χ2n) is 4.62. The number of hydrazine groups is 1. The highest BCUT2D eigenvalue weighted by atomic mass is 32.2. The van der Waals surface area contributed by atoms with Gasteiger partial charge in [0.15, 0.2) is 0 Å². The molecule has 0 fully saturated rings. The summed E-state index contributed by atoms with van der Waals surface area (Å²) in [6.07, 6.45) is 0. The molecule has 0 saturated heterocycles. The van der Waals surface area contributed by atoms with Gasteiger partial charge < -0.3 is 0 Å². The fourth-order valence-electron chi connectivity index (χ4n) is 1.76. The SMILES string of the molecule is CN(NS(=O)(=O)c1ccccc1)S(=O)(=O)Cc1ccccc1. The topological polar surface area (TPSA) is 83.6 Å². The summed E-state index contributed by atoms with van der Waals surface area (Å²) in [5.41, 5.74) is 0.577. The van der Waals surface area contributed by atoms with Gasteiger partial charge in [-0.1, -0.05) is 48.5 Å². The highest BCUT2D eigenvalue weighted by Gasteiger charge is 2.24. The van der Waals surface area contributed by atoms with Gasteiger partial charge in [0, 0.05) is 7.05 Å². The van der Waals surface area contributed by atoms with E-state index in [1.165, 1.54) is 19.2 Å². The smallest absolute Gasteiger partial charge is 0.211 e. The van der Waals surface area contributed by atoms with Crippen molar-refractivity contribution >= 4 is 20.0 Å². The summed E-state index contributed by atoms with van der Waals surface area (Å²) in [5, 5.41) is 0. The van der Waals surface area contributed by atoms with E-state index in [2.05, 4.69) is 4.83 Å². The molecule has 0 aliphatic heterocycles. The molecular formula is C14H16N2O4S2. The zero-order chi connectivity index (χ0) is 16.2. The van der Waals surface area contributed by atoms with Crippen LogP contribution in [0, 0.1) is 0 Å². The van der Waals surface area contributed by atoms with Gasteiger partial charge in [-0.15, -0.1) is 9.25 Å². The summed E-state index contributed by atoms with van der Waals surface area (Å²) in [6.45, 7) is 0. The maximum absolute atomic E-state index is 12.2. The molecule has 0 unspecified atom stereocenters. The molecule has 118 valence electrons. The second-order valence-corrected chi connectivity index (χ2v) is 8.28. The van der Waals surface area contributed by atoms with E-state index < -0.39 is 20.0 Å². The first-order valence-corrected chi connectivity index (χ1v) is 9.48. The molecule has 0 aliphatic carbocycles. The second kappa shape index (κ2) is 6.57. The van der Waals surface area contributed by atoms with Crippen molar-refractivity contribution in [3.05, 3.63) is 66.2 Å². The average molecular weight is 340 g/mol. The standard InChI is InChI=1S/C14H16N2O4S2/c1-16(15-22(19,20)14-10-6-3-7-11-14)21(17,18)12-13-8-4-2-5-9-13/h2-11,15H,12H2,1H3. The molecule has 2 aromatic rings. The van der Waals surface area contributed by atoms with Crippen LogP contribution in [-0.2, 0) is 25.8 Å². The summed E-state index contributed by atoms with van der Waals surface area (Å²) in [5.74, 6) is -0.290. The Morgan fingerprint density at radius 3 is 1.91 bits per heavy atom. The fourth-order valence-corrected chi connectivity index (χ4v) is 4.28. The minimum Gasteiger partial charge on any atom is -0.211 e. The van der Waals surface area contributed by atoms with Crippen molar-refractivity contribution in [2.75, 3.05) is 7.05 Å². The quantitative estimate of drug-likeness (QED) is 0.805. The lowest BCUT2D eigenvalue weighted by Gasteiger charge is -2.18. The predicted octanol–water partition coefficient (Wildman–Crippen LogP) is 1.34. The van der Waals surface area contributed by atoms with Gasteiger partial charge in [0.25, 0.3) is 10.0 Å². The summed E-state index contributed by atoms with van der Waals surface area (Å²) in [6, 6.07) is 16.1. The van der Waals surface area contributed by atoms with E-state index in [0.29, 0.717) is 9.98 Å². The highest BCUT2D eigenvalue weighted by molar-refractivity contribution is 7.91. The predicted molar refractivity (Wildman–Crippen MR) is 83.6 cm³/mol. The van der Waals surface area contributed by atoms with Crippen molar-refractivity contribution in [1.29, 1.82) is 0 Å². The molecule has 0 bridgehead atoms. The van der Waals surface area contributed by atoms with Gasteiger partial charge in [0.2, 0.25) is 10.0 Å². The molecule has 0 radical (unpaired) electrons. The molecular weight excluding hydrogens is 324 g/mol. The number of sulfonamides is 2. The van der Waals surface area contributed by atoms with Gasteiger partial charge in [-0.3, -0.25) is 0 Å². The van der Waals surface area contributed by atoms with Gasteiger partial charge in [0.1, 0.15) is 0 Å². The maximum atomic E-state index is 12.2. The van der Waals surface area contributed by atoms with Gasteiger partial charge in [-0.05, 0) is 17.7 Å². The van der Waals surface area contributed by atoms with E-state index in [9.17, 15) is 16.8 Å². The number of nitrogens with zero attached hydrogens (tertiary/aromatic N) is 1. The molecule has 0 saturated carbocycles. The van der Waals surface area contributed by atoms with Crippen molar-refractivity contribution in [1.82, 2.24) is 9.25 Å². The lowest BCUT2D eigenvalue weighted by Crippen LogP contribution is -2.43. The zero-order valence-corrected chi connectivity index (χ0v) is 13.5. The number of rotatable bonds is 6. The molecule has 22 heavy (non-hydrogen) atoms. The average Bonchev–Trinajstić information content (AvgIpc) is 2.48. The highest BCUT2D eigenvalue weighted by Crippen LogP contribution is 2.11. The van der Waals surface area contributed by atoms with Crippen LogP contribution in [0.25, 0.3) is 0 Å². The lowest BCUT2D eigenvalue weighted by atomic mass is 10.2. The molecule has 2 aromatic carbocycles. The van der Waals surface area contributed by atoms with E-state index in [-0.39, 0.29) is 10.6 Å². The number of hydrogen-bond acceptors (Lipinski definition) is 4. The largest absolute Gasteiger partial charge is 0.254 e. The molecule has 0 heterocycles. The molecule has 0 aliphatic rings.